The molecule has 1 unspecified atom stereocenters. The monoisotopic (exact) mass is 288 g/mol. The molecule has 0 heterocycles. The minimum Gasteiger partial charge on any atom is -0.348 e. The molecule has 0 aliphatic heterocycles. The maximum absolute atomic E-state index is 11.5. The van der Waals surface area contributed by atoms with Crippen molar-refractivity contribution in [3.8, 4) is 0 Å². The van der Waals surface area contributed by atoms with Gasteiger partial charge in [0.25, 0.3) is 0 Å². The van der Waals surface area contributed by atoms with Gasteiger partial charge in [-0.1, -0.05) is 36.2 Å². The van der Waals surface area contributed by atoms with Gasteiger partial charge in [0.1, 0.15) is 0 Å². The molecule has 1 aromatic carbocycles. The molecule has 100 valence electrons. The van der Waals surface area contributed by atoms with E-state index in [0.29, 0.717) is 16.6 Å². The number of carbonyl (C=O) groups excluding carboxylic acids is 1. The molecule has 0 bridgehead atoms. The number of hydrogen-bond donors (Lipinski definition) is 1. The summed E-state index contributed by atoms with van der Waals surface area (Å²) < 4.78 is 0. The summed E-state index contributed by atoms with van der Waals surface area (Å²) in [5.41, 5.74) is 0.968. The normalized spacial score (nSPS) is 12.3. The van der Waals surface area contributed by atoms with E-state index in [2.05, 4.69) is 5.32 Å². The summed E-state index contributed by atoms with van der Waals surface area (Å²) in [6, 6.07) is 5.47. The first kappa shape index (κ1) is 15.3. The van der Waals surface area contributed by atoms with E-state index in [1.807, 2.05) is 13.0 Å². The number of hydrogen-bond acceptors (Lipinski definition) is 2. The average Bonchev–Trinajstić information content (AvgIpc) is 2.31. The number of benzene rings is 1. The fraction of sp³-hybridized carbons (Fsp3) is 0.462. The lowest BCUT2D eigenvalue weighted by atomic mass is 10.0. The van der Waals surface area contributed by atoms with Gasteiger partial charge < -0.3 is 10.2 Å². The quantitative estimate of drug-likeness (QED) is 0.903. The molecule has 18 heavy (non-hydrogen) atoms. The second-order valence-corrected chi connectivity index (χ2v) is 5.14. The van der Waals surface area contributed by atoms with E-state index < -0.39 is 0 Å². The van der Waals surface area contributed by atoms with Gasteiger partial charge in [0.15, 0.2) is 0 Å². The molecule has 0 aliphatic rings. The number of halogens is 2. The van der Waals surface area contributed by atoms with Crippen LogP contribution in [0.1, 0.15) is 24.9 Å². The minimum atomic E-state index is 0.0403. The Morgan fingerprint density at radius 1 is 1.39 bits per heavy atom. The maximum atomic E-state index is 11.5. The molecule has 1 aromatic rings. The number of likely N-dealkylation sites (N-methyl/N-ethyl adjacent to an activating group) is 1. The molecule has 5 heteroatoms. The second-order valence-electron chi connectivity index (χ2n) is 4.30. The summed E-state index contributed by atoms with van der Waals surface area (Å²) in [5.74, 6) is 0.0403. The fourth-order valence-corrected chi connectivity index (χ4v) is 2.17. The molecule has 1 rings (SSSR count). The Balaban J connectivity index is 2.74. The Labute approximate surface area is 118 Å². The Hall–Kier alpha value is -0.770. The topological polar surface area (TPSA) is 32.3 Å². The highest BCUT2D eigenvalue weighted by Gasteiger charge is 2.14. The lowest BCUT2D eigenvalue weighted by Gasteiger charge is -2.20. The van der Waals surface area contributed by atoms with Crippen LogP contribution in [-0.2, 0) is 4.79 Å². The van der Waals surface area contributed by atoms with Crippen LogP contribution in [0.3, 0.4) is 0 Å². The molecule has 0 saturated heterocycles. The first-order valence-corrected chi connectivity index (χ1v) is 6.59. The molecular formula is C13H18Cl2N2O. The third kappa shape index (κ3) is 4.16. The number of nitrogens with one attached hydrogen (secondary N) is 1. The van der Waals surface area contributed by atoms with Gasteiger partial charge in [-0.2, -0.15) is 0 Å². The van der Waals surface area contributed by atoms with Crippen LogP contribution in [0.15, 0.2) is 18.2 Å². The van der Waals surface area contributed by atoms with Gasteiger partial charge in [-0.3, -0.25) is 4.79 Å². The van der Waals surface area contributed by atoms with Crippen LogP contribution in [0.5, 0.6) is 0 Å². The zero-order chi connectivity index (χ0) is 13.7. The first-order chi connectivity index (χ1) is 8.45. The summed E-state index contributed by atoms with van der Waals surface area (Å²) in [4.78, 5) is 13.1. The molecule has 0 aromatic heterocycles. The highest BCUT2D eigenvalue weighted by molar-refractivity contribution is 6.35. The second kappa shape index (κ2) is 6.98. The van der Waals surface area contributed by atoms with E-state index in [-0.39, 0.29) is 11.9 Å². The number of nitrogens with zero attached hydrogens (tertiary/aromatic N) is 1. The molecule has 0 saturated carbocycles. The van der Waals surface area contributed by atoms with Gasteiger partial charge in [0, 0.05) is 30.2 Å². The van der Waals surface area contributed by atoms with Gasteiger partial charge in [-0.15, -0.1) is 0 Å². The van der Waals surface area contributed by atoms with Gasteiger partial charge >= 0.3 is 0 Å². The zero-order valence-corrected chi connectivity index (χ0v) is 12.3. The highest BCUT2D eigenvalue weighted by atomic mass is 35.5. The minimum absolute atomic E-state index is 0.0403. The van der Waals surface area contributed by atoms with Gasteiger partial charge in [0.2, 0.25) is 5.91 Å². The lowest BCUT2D eigenvalue weighted by Crippen LogP contribution is -2.34. The van der Waals surface area contributed by atoms with Crippen molar-refractivity contribution in [3.63, 3.8) is 0 Å². The molecular weight excluding hydrogens is 271 g/mol. The highest BCUT2D eigenvalue weighted by Crippen LogP contribution is 2.27. The van der Waals surface area contributed by atoms with Crippen LogP contribution in [0, 0.1) is 0 Å². The van der Waals surface area contributed by atoms with Crippen LogP contribution in [0.4, 0.5) is 0 Å². The zero-order valence-electron chi connectivity index (χ0n) is 10.8. The van der Waals surface area contributed by atoms with E-state index in [4.69, 9.17) is 23.2 Å². The predicted molar refractivity (Wildman–Crippen MR) is 76.2 cm³/mol. The summed E-state index contributed by atoms with van der Waals surface area (Å²) in [5, 5.41) is 4.45. The summed E-state index contributed by atoms with van der Waals surface area (Å²) in [7, 11) is 3.47. The fourth-order valence-electron chi connectivity index (χ4n) is 1.63. The van der Waals surface area contributed by atoms with Gasteiger partial charge in [-0.25, -0.2) is 0 Å². The van der Waals surface area contributed by atoms with E-state index in [1.165, 1.54) is 0 Å². The van der Waals surface area contributed by atoms with Crippen molar-refractivity contribution in [2.75, 3.05) is 20.6 Å². The molecule has 0 spiro atoms. The van der Waals surface area contributed by atoms with E-state index in [9.17, 15) is 4.79 Å². The van der Waals surface area contributed by atoms with Crippen LogP contribution >= 0.6 is 23.2 Å². The molecule has 1 atom stereocenters. The maximum Gasteiger partial charge on any atom is 0.236 e. The van der Waals surface area contributed by atoms with Crippen molar-refractivity contribution in [2.24, 2.45) is 0 Å². The van der Waals surface area contributed by atoms with E-state index in [1.54, 1.807) is 31.1 Å². The standard InChI is InChI=1S/C13H18Cl2N2O/c1-4-12(16-8-13(18)17(2)3)10-6-5-9(14)7-11(10)15/h5-7,12,16H,4,8H2,1-3H3. The molecule has 1 N–H and O–H groups in total. The average molecular weight is 289 g/mol. The third-order valence-corrected chi connectivity index (χ3v) is 3.31. The van der Waals surface area contributed by atoms with Crippen molar-refractivity contribution >= 4 is 29.1 Å². The van der Waals surface area contributed by atoms with Crippen LogP contribution in [0.25, 0.3) is 0 Å². The van der Waals surface area contributed by atoms with E-state index >= 15 is 0 Å². The van der Waals surface area contributed by atoms with Crippen molar-refractivity contribution < 1.29 is 4.79 Å². The molecule has 0 fully saturated rings. The molecule has 0 radical (unpaired) electrons. The van der Waals surface area contributed by atoms with Crippen molar-refractivity contribution in [2.45, 2.75) is 19.4 Å². The van der Waals surface area contributed by atoms with Crippen molar-refractivity contribution in [1.82, 2.24) is 10.2 Å². The number of rotatable bonds is 5. The van der Waals surface area contributed by atoms with Gasteiger partial charge in [0.05, 0.1) is 6.54 Å². The SMILES string of the molecule is CCC(NCC(=O)N(C)C)c1ccc(Cl)cc1Cl. The third-order valence-electron chi connectivity index (χ3n) is 2.74. The Bertz CT molecular complexity index is 421. The summed E-state index contributed by atoms with van der Waals surface area (Å²) in [6.45, 7) is 2.34. The van der Waals surface area contributed by atoms with Crippen LogP contribution in [0.2, 0.25) is 10.0 Å². The van der Waals surface area contributed by atoms with Crippen molar-refractivity contribution in [1.29, 1.82) is 0 Å². The largest absolute Gasteiger partial charge is 0.348 e. The van der Waals surface area contributed by atoms with E-state index in [0.717, 1.165) is 12.0 Å². The Morgan fingerprint density at radius 2 is 2.06 bits per heavy atom. The van der Waals surface area contributed by atoms with Gasteiger partial charge in [-0.05, 0) is 24.1 Å². The predicted octanol–water partition coefficient (Wildman–Crippen LogP) is 3.12. The lowest BCUT2D eigenvalue weighted by molar-refractivity contribution is -0.127. The smallest absolute Gasteiger partial charge is 0.236 e. The molecule has 1 amide bonds. The Kier molecular flexibility index (Phi) is 5.93. The first-order valence-electron chi connectivity index (χ1n) is 5.84. The summed E-state index contributed by atoms with van der Waals surface area (Å²) in [6.07, 6.45) is 0.849. The Morgan fingerprint density at radius 3 is 2.56 bits per heavy atom. The number of carbonyl (C=O) groups is 1. The molecule has 3 nitrogen and oxygen atoms in total. The number of amides is 1. The van der Waals surface area contributed by atoms with Crippen molar-refractivity contribution in [3.05, 3.63) is 33.8 Å². The van der Waals surface area contributed by atoms with Crippen LogP contribution < -0.4 is 5.32 Å². The molecule has 0 aliphatic carbocycles. The summed E-state index contributed by atoms with van der Waals surface area (Å²) >= 11 is 12.0. The van der Waals surface area contributed by atoms with Crippen LogP contribution in [-0.4, -0.2) is 31.4 Å².